The molecule has 1 aliphatic rings. The van der Waals surface area contributed by atoms with E-state index in [2.05, 4.69) is 26.9 Å². The van der Waals surface area contributed by atoms with E-state index in [1.165, 1.54) is 5.69 Å². The number of aromatic nitrogens is 1. The Morgan fingerprint density at radius 3 is 2.00 bits per heavy atom. The van der Waals surface area contributed by atoms with Gasteiger partial charge in [0.15, 0.2) is 0 Å². The van der Waals surface area contributed by atoms with Gasteiger partial charge >= 0.3 is 0 Å². The molecule has 0 unspecified atom stereocenters. The minimum Gasteiger partial charge on any atom is -0.399 e. The van der Waals surface area contributed by atoms with Crippen molar-refractivity contribution in [2.45, 2.75) is 0 Å². The van der Waals surface area contributed by atoms with Gasteiger partial charge in [0.2, 0.25) is 0 Å². The summed E-state index contributed by atoms with van der Waals surface area (Å²) in [5.41, 5.74) is 9.26. The highest BCUT2D eigenvalue weighted by atomic mass is 15.3. The summed E-state index contributed by atoms with van der Waals surface area (Å²) in [4.78, 5) is 8.78. The van der Waals surface area contributed by atoms with Gasteiger partial charge in [0, 0.05) is 37.6 Å². The van der Waals surface area contributed by atoms with Crippen LogP contribution < -0.4 is 15.5 Å². The van der Waals surface area contributed by atoms with Gasteiger partial charge in [-0.2, -0.15) is 5.26 Å². The van der Waals surface area contributed by atoms with Crippen molar-refractivity contribution in [2.24, 2.45) is 0 Å². The number of rotatable bonds is 2. The second-order valence-corrected chi connectivity index (χ2v) is 5.08. The second-order valence-electron chi connectivity index (χ2n) is 5.08. The van der Waals surface area contributed by atoms with Crippen LogP contribution in [0, 0.1) is 11.3 Å². The van der Waals surface area contributed by atoms with Crippen molar-refractivity contribution < 1.29 is 0 Å². The molecule has 2 aromatic rings. The van der Waals surface area contributed by atoms with Crippen LogP contribution in [0.2, 0.25) is 0 Å². The molecule has 1 aliphatic heterocycles. The van der Waals surface area contributed by atoms with E-state index < -0.39 is 0 Å². The molecule has 3 rings (SSSR count). The van der Waals surface area contributed by atoms with Crippen LogP contribution in [-0.4, -0.2) is 31.2 Å². The molecule has 2 N–H and O–H groups in total. The number of pyridine rings is 1. The van der Waals surface area contributed by atoms with Crippen molar-refractivity contribution in [3.8, 4) is 6.07 Å². The Kier molecular flexibility index (Phi) is 3.61. The van der Waals surface area contributed by atoms with Gasteiger partial charge < -0.3 is 15.5 Å². The van der Waals surface area contributed by atoms with Crippen LogP contribution in [-0.2, 0) is 0 Å². The number of anilines is 3. The molecule has 5 nitrogen and oxygen atoms in total. The van der Waals surface area contributed by atoms with Crippen LogP contribution in [0.1, 0.15) is 5.69 Å². The van der Waals surface area contributed by atoms with Gasteiger partial charge in [-0.25, -0.2) is 4.98 Å². The Morgan fingerprint density at radius 2 is 1.48 bits per heavy atom. The molecule has 1 saturated heterocycles. The Balaban J connectivity index is 1.64. The van der Waals surface area contributed by atoms with Gasteiger partial charge in [0.1, 0.15) is 11.8 Å². The normalized spacial score (nSPS) is 14.8. The van der Waals surface area contributed by atoms with Crippen molar-refractivity contribution in [1.29, 1.82) is 5.26 Å². The largest absolute Gasteiger partial charge is 0.399 e. The van der Waals surface area contributed by atoms with Crippen molar-refractivity contribution in [3.05, 3.63) is 48.3 Å². The first kappa shape index (κ1) is 13.3. The fraction of sp³-hybridized carbons (Fsp3) is 0.250. The molecule has 0 atom stereocenters. The minimum absolute atomic E-state index is 0.458. The van der Waals surface area contributed by atoms with Crippen molar-refractivity contribution in [1.82, 2.24) is 4.98 Å². The fourth-order valence-electron chi connectivity index (χ4n) is 2.55. The second kappa shape index (κ2) is 5.71. The monoisotopic (exact) mass is 279 g/mol. The average molecular weight is 279 g/mol. The van der Waals surface area contributed by atoms with Gasteiger partial charge in [-0.15, -0.1) is 0 Å². The van der Waals surface area contributed by atoms with E-state index in [1.54, 1.807) is 12.3 Å². The highest BCUT2D eigenvalue weighted by Crippen LogP contribution is 2.21. The zero-order valence-electron chi connectivity index (χ0n) is 11.7. The molecule has 0 saturated carbocycles. The van der Waals surface area contributed by atoms with Crippen LogP contribution in [0.3, 0.4) is 0 Å². The number of hydrogen-bond acceptors (Lipinski definition) is 5. The minimum atomic E-state index is 0.458. The van der Waals surface area contributed by atoms with Gasteiger partial charge in [-0.1, -0.05) is 0 Å². The molecular weight excluding hydrogens is 262 g/mol. The van der Waals surface area contributed by atoms with Gasteiger partial charge in [0.25, 0.3) is 0 Å². The summed E-state index contributed by atoms with van der Waals surface area (Å²) in [7, 11) is 0. The first-order chi connectivity index (χ1) is 10.3. The Bertz CT molecular complexity index is 634. The van der Waals surface area contributed by atoms with E-state index in [4.69, 9.17) is 11.0 Å². The molecule has 0 bridgehead atoms. The lowest BCUT2D eigenvalue weighted by molar-refractivity contribution is 0.653. The highest BCUT2D eigenvalue weighted by Gasteiger charge is 2.17. The van der Waals surface area contributed by atoms with Gasteiger partial charge in [-0.3, -0.25) is 0 Å². The smallest absolute Gasteiger partial charge is 0.140 e. The van der Waals surface area contributed by atoms with Crippen LogP contribution >= 0.6 is 0 Å². The summed E-state index contributed by atoms with van der Waals surface area (Å²) in [5.74, 6) is 0. The van der Waals surface area contributed by atoms with Crippen molar-refractivity contribution in [2.75, 3.05) is 41.7 Å². The molecule has 1 fully saturated rings. The quantitative estimate of drug-likeness (QED) is 0.850. The zero-order chi connectivity index (χ0) is 14.7. The third kappa shape index (κ3) is 2.90. The molecule has 1 aromatic carbocycles. The number of benzene rings is 1. The van der Waals surface area contributed by atoms with Gasteiger partial charge in [-0.05, 0) is 36.4 Å². The van der Waals surface area contributed by atoms with Gasteiger partial charge in [0.05, 0.1) is 11.9 Å². The maximum Gasteiger partial charge on any atom is 0.140 e. The molecule has 106 valence electrons. The number of nitriles is 1. The lowest BCUT2D eigenvalue weighted by atomic mass is 10.2. The number of nitrogen functional groups attached to an aromatic ring is 1. The number of nitrogens with two attached hydrogens (primary N) is 1. The number of nitrogens with zero attached hydrogens (tertiary/aromatic N) is 4. The lowest BCUT2D eigenvalue weighted by Crippen LogP contribution is -2.46. The molecule has 1 aromatic heterocycles. The van der Waals surface area contributed by atoms with Crippen LogP contribution in [0.15, 0.2) is 42.6 Å². The maximum absolute atomic E-state index is 8.78. The Morgan fingerprint density at radius 1 is 0.905 bits per heavy atom. The summed E-state index contributed by atoms with van der Waals surface area (Å²) in [6.45, 7) is 3.81. The zero-order valence-corrected chi connectivity index (χ0v) is 11.7. The highest BCUT2D eigenvalue weighted by molar-refractivity contribution is 5.55. The summed E-state index contributed by atoms with van der Waals surface area (Å²) < 4.78 is 0. The van der Waals surface area contributed by atoms with E-state index in [0.29, 0.717) is 5.69 Å². The fourth-order valence-corrected chi connectivity index (χ4v) is 2.55. The Labute approximate surface area is 124 Å². The number of hydrogen-bond donors (Lipinski definition) is 1. The van der Waals surface area contributed by atoms with E-state index in [-0.39, 0.29) is 0 Å². The predicted octanol–water partition coefficient (Wildman–Crippen LogP) is 1.86. The maximum atomic E-state index is 8.78. The summed E-state index contributed by atoms with van der Waals surface area (Å²) >= 11 is 0. The van der Waals surface area contributed by atoms with E-state index >= 15 is 0 Å². The topological polar surface area (TPSA) is 69.2 Å². The molecular formula is C16H17N5. The molecule has 0 spiro atoms. The van der Waals surface area contributed by atoms with Crippen LogP contribution in [0.5, 0.6) is 0 Å². The summed E-state index contributed by atoms with van der Waals surface area (Å²) in [5, 5.41) is 8.78. The molecule has 0 aliphatic carbocycles. The molecule has 2 heterocycles. The summed E-state index contributed by atoms with van der Waals surface area (Å²) in [6, 6.07) is 13.8. The van der Waals surface area contributed by atoms with Crippen LogP contribution in [0.4, 0.5) is 17.1 Å². The van der Waals surface area contributed by atoms with E-state index in [9.17, 15) is 0 Å². The standard InChI is InChI=1S/C16H17N5/c17-11-14-3-6-16(12-19-14)21-9-7-20(8-10-21)15-4-1-13(18)2-5-15/h1-6,12H,7-10,18H2. The predicted molar refractivity (Wildman–Crippen MR) is 84.2 cm³/mol. The SMILES string of the molecule is N#Cc1ccc(N2CCN(c3ccc(N)cc3)CC2)cn1. The lowest BCUT2D eigenvalue weighted by Gasteiger charge is -2.37. The Hall–Kier alpha value is -2.74. The van der Waals surface area contributed by atoms with E-state index in [1.807, 2.05) is 24.3 Å². The van der Waals surface area contributed by atoms with Crippen LogP contribution in [0.25, 0.3) is 0 Å². The molecule has 5 heteroatoms. The molecule has 0 amide bonds. The molecule has 0 radical (unpaired) electrons. The average Bonchev–Trinajstić information content (AvgIpc) is 2.56. The first-order valence-corrected chi connectivity index (χ1v) is 6.98. The first-order valence-electron chi connectivity index (χ1n) is 6.98. The summed E-state index contributed by atoms with van der Waals surface area (Å²) in [6.07, 6.45) is 1.78. The third-order valence-electron chi connectivity index (χ3n) is 3.77. The van der Waals surface area contributed by atoms with Crippen molar-refractivity contribution in [3.63, 3.8) is 0 Å². The molecule has 21 heavy (non-hydrogen) atoms. The van der Waals surface area contributed by atoms with E-state index in [0.717, 1.165) is 37.6 Å². The number of piperazine rings is 1. The van der Waals surface area contributed by atoms with Crippen molar-refractivity contribution >= 4 is 17.1 Å². The third-order valence-corrected chi connectivity index (χ3v) is 3.77.